The van der Waals surface area contributed by atoms with Crippen LogP contribution in [0.5, 0.6) is 0 Å². The van der Waals surface area contributed by atoms with Gasteiger partial charge >= 0.3 is 0 Å². The Balaban J connectivity index is 2.12. The number of nitrogens with one attached hydrogen (secondary N) is 1. The predicted molar refractivity (Wildman–Crippen MR) is 69.3 cm³/mol. The molecule has 0 radical (unpaired) electrons. The van der Waals surface area contributed by atoms with E-state index in [0.717, 1.165) is 37.6 Å². The van der Waals surface area contributed by atoms with E-state index in [2.05, 4.69) is 17.6 Å². The molecule has 1 atom stereocenters. The van der Waals surface area contributed by atoms with Crippen molar-refractivity contribution in [2.24, 2.45) is 5.92 Å². The molecule has 1 fully saturated rings. The predicted octanol–water partition coefficient (Wildman–Crippen LogP) is 3.48. The van der Waals surface area contributed by atoms with Crippen molar-refractivity contribution in [1.29, 1.82) is 0 Å². The normalized spacial score (nSPS) is 19.9. The molecule has 1 aromatic rings. The van der Waals surface area contributed by atoms with Crippen molar-refractivity contribution >= 4 is 22.9 Å². The first-order valence-electron chi connectivity index (χ1n) is 5.87. The lowest BCUT2D eigenvalue weighted by molar-refractivity contribution is 0.0543. The molecule has 0 aromatic carbocycles. The van der Waals surface area contributed by atoms with E-state index >= 15 is 0 Å². The molecule has 1 aliphatic rings. The van der Waals surface area contributed by atoms with Crippen molar-refractivity contribution < 1.29 is 4.74 Å². The van der Waals surface area contributed by atoms with Crippen LogP contribution in [0, 0.1) is 5.92 Å². The Morgan fingerprint density at radius 2 is 2.31 bits per heavy atom. The first-order valence-corrected chi connectivity index (χ1v) is 7.12. The van der Waals surface area contributed by atoms with Gasteiger partial charge in [0.05, 0.1) is 5.02 Å². The Morgan fingerprint density at radius 1 is 1.56 bits per heavy atom. The summed E-state index contributed by atoms with van der Waals surface area (Å²) in [5.41, 5.74) is 0. The minimum absolute atomic E-state index is 0.404. The first kappa shape index (κ1) is 12.4. The molecule has 0 aliphatic carbocycles. The van der Waals surface area contributed by atoms with Gasteiger partial charge in [-0.15, -0.1) is 11.3 Å². The van der Waals surface area contributed by atoms with E-state index in [9.17, 15) is 0 Å². The van der Waals surface area contributed by atoms with Crippen LogP contribution in [0.25, 0.3) is 0 Å². The van der Waals surface area contributed by atoms with Gasteiger partial charge in [0.1, 0.15) is 0 Å². The third-order valence-electron chi connectivity index (χ3n) is 3.09. The van der Waals surface area contributed by atoms with Crippen LogP contribution < -0.4 is 5.32 Å². The number of hydrogen-bond acceptors (Lipinski definition) is 3. The van der Waals surface area contributed by atoms with E-state index in [4.69, 9.17) is 16.3 Å². The average molecular weight is 260 g/mol. The van der Waals surface area contributed by atoms with E-state index in [-0.39, 0.29) is 0 Å². The third-order valence-corrected chi connectivity index (χ3v) is 4.53. The number of rotatable bonds is 4. The first-order chi connectivity index (χ1) is 7.83. The Morgan fingerprint density at radius 3 is 2.88 bits per heavy atom. The van der Waals surface area contributed by atoms with E-state index in [1.54, 1.807) is 11.3 Å². The maximum Gasteiger partial charge on any atom is 0.0561 e. The SMILES string of the molecule is CCNC(c1sccc1Cl)C1CCOCC1. The number of ether oxygens (including phenoxy) is 1. The molecule has 0 spiro atoms. The van der Waals surface area contributed by atoms with Crippen molar-refractivity contribution in [1.82, 2.24) is 5.32 Å². The third kappa shape index (κ3) is 2.77. The Hall–Kier alpha value is -0.0900. The van der Waals surface area contributed by atoms with E-state index in [1.807, 2.05) is 6.07 Å². The van der Waals surface area contributed by atoms with Gasteiger partial charge in [-0.3, -0.25) is 0 Å². The second-order valence-electron chi connectivity index (χ2n) is 4.12. The number of halogens is 1. The zero-order valence-electron chi connectivity index (χ0n) is 9.54. The topological polar surface area (TPSA) is 21.3 Å². The quantitative estimate of drug-likeness (QED) is 0.894. The molecule has 1 unspecified atom stereocenters. The van der Waals surface area contributed by atoms with Gasteiger partial charge in [-0.2, -0.15) is 0 Å². The van der Waals surface area contributed by atoms with Crippen LogP contribution in [-0.2, 0) is 4.74 Å². The minimum Gasteiger partial charge on any atom is -0.381 e. The molecule has 1 saturated heterocycles. The summed E-state index contributed by atoms with van der Waals surface area (Å²) in [6.07, 6.45) is 2.26. The number of hydrogen-bond donors (Lipinski definition) is 1. The van der Waals surface area contributed by atoms with Gasteiger partial charge in [0.2, 0.25) is 0 Å². The summed E-state index contributed by atoms with van der Waals surface area (Å²) in [6, 6.07) is 2.40. The summed E-state index contributed by atoms with van der Waals surface area (Å²) in [4.78, 5) is 1.29. The van der Waals surface area contributed by atoms with Crippen LogP contribution in [0.3, 0.4) is 0 Å². The van der Waals surface area contributed by atoms with E-state index in [0.29, 0.717) is 12.0 Å². The summed E-state index contributed by atoms with van der Waals surface area (Å²) in [7, 11) is 0. The molecule has 1 aromatic heterocycles. The van der Waals surface area contributed by atoms with Crippen LogP contribution in [0.2, 0.25) is 5.02 Å². The molecule has 0 saturated carbocycles. The lowest BCUT2D eigenvalue weighted by Gasteiger charge is -2.30. The van der Waals surface area contributed by atoms with Gasteiger partial charge in [-0.1, -0.05) is 18.5 Å². The van der Waals surface area contributed by atoms with Crippen LogP contribution in [-0.4, -0.2) is 19.8 Å². The highest BCUT2D eigenvalue weighted by molar-refractivity contribution is 7.10. The van der Waals surface area contributed by atoms with Gasteiger partial charge in [0.15, 0.2) is 0 Å². The lowest BCUT2D eigenvalue weighted by Crippen LogP contribution is -2.31. The molecule has 2 nitrogen and oxygen atoms in total. The van der Waals surface area contributed by atoms with Gasteiger partial charge in [-0.05, 0) is 36.8 Å². The largest absolute Gasteiger partial charge is 0.381 e. The molecule has 16 heavy (non-hydrogen) atoms. The van der Waals surface area contributed by atoms with Crippen LogP contribution in [0.4, 0.5) is 0 Å². The molecule has 0 bridgehead atoms. The van der Waals surface area contributed by atoms with E-state index in [1.165, 1.54) is 4.88 Å². The summed E-state index contributed by atoms with van der Waals surface area (Å²) in [5, 5.41) is 6.54. The average Bonchev–Trinajstić information content (AvgIpc) is 2.73. The molecule has 1 N–H and O–H groups in total. The molecule has 1 aliphatic heterocycles. The molecule has 4 heteroatoms. The summed E-state index contributed by atoms with van der Waals surface area (Å²) in [5.74, 6) is 0.657. The van der Waals surface area contributed by atoms with Crippen molar-refractivity contribution in [3.05, 3.63) is 21.3 Å². The molecule has 90 valence electrons. The van der Waals surface area contributed by atoms with Crippen LogP contribution in [0.1, 0.15) is 30.7 Å². The summed E-state index contributed by atoms with van der Waals surface area (Å²) >= 11 is 7.98. The summed E-state index contributed by atoms with van der Waals surface area (Å²) in [6.45, 7) is 4.90. The Kier molecular flexibility index (Phi) is 4.65. The van der Waals surface area contributed by atoms with Crippen molar-refractivity contribution in [3.8, 4) is 0 Å². The fourth-order valence-electron chi connectivity index (χ4n) is 2.27. The zero-order valence-corrected chi connectivity index (χ0v) is 11.1. The maximum atomic E-state index is 6.23. The van der Waals surface area contributed by atoms with E-state index < -0.39 is 0 Å². The van der Waals surface area contributed by atoms with Crippen molar-refractivity contribution in [3.63, 3.8) is 0 Å². The van der Waals surface area contributed by atoms with Crippen molar-refractivity contribution in [2.75, 3.05) is 19.8 Å². The molecule has 2 rings (SSSR count). The molecular weight excluding hydrogens is 242 g/mol. The van der Waals surface area contributed by atoms with Gasteiger partial charge in [0, 0.05) is 24.1 Å². The molecule has 2 heterocycles. The Labute approximate surface area is 106 Å². The highest BCUT2D eigenvalue weighted by Crippen LogP contribution is 2.36. The lowest BCUT2D eigenvalue weighted by atomic mass is 9.90. The van der Waals surface area contributed by atoms with Gasteiger partial charge in [-0.25, -0.2) is 0 Å². The highest BCUT2D eigenvalue weighted by atomic mass is 35.5. The van der Waals surface area contributed by atoms with Crippen LogP contribution in [0.15, 0.2) is 11.4 Å². The van der Waals surface area contributed by atoms with Gasteiger partial charge in [0.25, 0.3) is 0 Å². The highest BCUT2D eigenvalue weighted by Gasteiger charge is 2.26. The second-order valence-corrected chi connectivity index (χ2v) is 5.47. The van der Waals surface area contributed by atoms with Crippen LogP contribution >= 0.6 is 22.9 Å². The number of thiophene rings is 1. The van der Waals surface area contributed by atoms with Crippen molar-refractivity contribution in [2.45, 2.75) is 25.8 Å². The smallest absolute Gasteiger partial charge is 0.0561 e. The van der Waals surface area contributed by atoms with Gasteiger partial charge < -0.3 is 10.1 Å². The standard InChI is InChI=1S/C12H18ClNOS/c1-2-14-11(9-3-6-15-7-4-9)12-10(13)5-8-16-12/h5,8-9,11,14H,2-4,6-7H2,1H3. The zero-order chi connectivity index (χ0) is 11.4. The second kappa shape index (κ2) is 6.01. The fourth-order valence-corrected chi connectivity index (χ4v) is 3.61. The maximum absolute atomic E-state index is 6.23. The fraction of sp³-hybridized carbons (Fsp3) is 0.667. The molecular formula is C12H18ClNOS. The molecule has 0 amide bonds. The monoisotopic (exact) mass is 259 g/mol. The minimum atomic E-state index is 0.404. The summed E-state index contributed by atoms with van der Waals surface area (Å²) < 4.78 is 5.42. The Bertz CT molecular complexity index is 323.